The zero-order valence-electron chi connectivity index (χ0n) is 12.7. The van der Waals surface area contributed by atoms with Gasteiger partial charge in [0, 0.05) is 22.8 Å². The van der Waals surface area contributed by atoms with Crippen LogP contribution in [0.3, 0.4) is 0 Å². The van der Waals surface area contributed by atoms with Gasteiger partial charge in [-0.15, -0.1) is 0 Å². The van der Waals surface area contributed by atoms with E-state index in [2.05, 4.69) is 56.4 Å². The van der Waals surface area contributed by atoms with Crippen LogP contribution in [0.5, 0.6) is 0 Å². The molecule has 0 radical (unpaired) electrons. The smallest absolute Gasteiger partial charge is 0.136 e. The average Bonchev–Trinajstić information content (AvgIpc) is 2.42. The number of aromatic nitrogens is 2. The maximum Gasteiger partial charge on any atom is 0.136 e. The van der Waals surface area contributed by atoms with Crippen molar-refractivity contribution in [2.24, 2.45) is 0 Å². The highest BCUT2D eigenvalue weighted by atomic mass is 79.9. The van der Waals surface area contributed by atoms with E-state index in [0.717, 1.165) is 40.6 Å². The normalized spacial score (nSPS) is 10.5. The number of hydrogen-bond acceptors (Lipinski definition) is 4. The van der Waals surface area contributed by atoms with Gasteiger partial charge in [0.2, 0.25) is 0 Å². The molecule has 112 valence electrons. The van der Waals surface area contributed by atoms with E-state index >= 15 is 0 Å². The van der Waals surface area contributed by atoms with E-state index in [1.165, 1.54) is 12.0 Å². The van der Waals surface area contributed by atoms with Crippen LogP contribution in [0.1, 0.15) is 31.2 Å². The maximum absolute atomic E-state index is 4.45. The topological polar surface area (TPSA) is 49.8 Å². The standard InChI is InChI=1S/C16H21BrN4/c1-4-5-8-18-15-10-16(20-12(3)19-15)21-14-7-6-13(17)9-11(14)2/h6-7,9-10H,4-5,8H2,1-3H3,(H2,18,19,20,21). The van der Waals surface area contributed by atoms with Crippen molar-refractivity contribution >= 4 is 33.3 Å². The molecule has 0 atom stereocenters. The Labute approximate surface area is 134 Å². The molecule has 5 heteroatoms. The van der Waals surface area contributed by atoms with Gasteiger partial charge in [-0.05, 0) is 44.0 Å². The second-order valence-corrected chi connectivity index (χ2v) is 5.97. The van der Waals surface area contributed by atoms with Gasteiger partial charge in [-0.1, -0.05) is 29.3 Å². The third-order valence-electron chi connectivity index (χ3n) is 3.13. The Bertz CT molecular complexity index is 613. The number of benzene rings is 1. The maximum atomic E-state index is 4.45. The molecule has 21 heavy (non-hydrogen) atoms. The van der Waals surface area contributed by atoms with Crippen molar-refractivity contribution in [1.29, 1.82) is 0 Å². The van der Waals surface area contributed by atoms with Gasteiger partial charge in [0.1, 0.15) is 17.5 Å². The number of rotatable bonds is 6. The summed E-state index contributed by atoms with van der Waals surface area (Å²) in [6.07, 6.45) is 2.30. The summed E-state index contributed by atoms with van der Waals surface area (Å²) < 4.78 is 1.08. The molecule has 1 heterocycles. The van der Waals surface area contributed by atoms with Crippen LogP contribution >= 0.6 is 15.9 Å². The quantitative estimate of drug-likeness (QED) is 0.735. The molecule has 1 aromatic heterocycles. The van der Waals surface area contributed by atoms with E-state index in [1.54, 1.807) is 0 Å². The summed E-state index contributed by atoms with van der Waals surface area (Å²) >= 11 is 3.48. The van der Waals surface area contributed by atoms with Crippen molar-refractivity contribution in [3.05, 3.63) is 40.1 Å². The fourth-order valence-electron chi connectivity index (χ4n) is 2.02. The van der Waals surface area contributed by atoms with Crippen LogP contribution < -0.4 is 10.6 Å². The molecular formula is C16H21BrN4. The van der Waals surface area contributed by atoms with Gasteiger partial charge in [-0.3, -0.25) is 0 Å². The predicted octanol–water partition coefficient (Wildman–Crippen LogP) is 4.81. The summed E-state index contributed by atoms with van der Waals surface area (Å²) in [5.74, 6) is 2.44. The van der Waals surface area contributed by atoms with Gasteiger partial charge in [0.25, 0.3) is 0 Å². The minimum absolute atomic E-state index is 0.758. The molecule has 0 aliphatic heterocycles. The van der Waals surface area contributed by atoms with Gasteiger partial charge < -0.3 is 10.6 Å². The Morgan fingerprint density at radius 1 is 1.10 bits per heavy atom. The lowest BCUT2D eigenvalue weighted by atomic mass is 10.2. The van der Waals surface area contributed by atoms with E-state index in [1.807, 2.05) is 25.1 Å². The highest BCUT2D eigenvalue weighted by Crippen LogP contribution is 2.23. The third-order valence-corrected chi connectivity index (χ3v) is 3.62. The Morgan fingerprint density at radius 2 is 1.86 bits per heavy atom. The summed E-state index contributed by atoms with van der Waals surface area (Å²) in [4.78, 5) is 8.86. The van der Waals surface area contributed by atoms with Crippen LogP contribution in [0.4, 0.5) is 17.3 Å². The molecule has 1 aromatic carbocycles. The lowest BCUT2D eigenvalue weighted by Crippen LogP contribution is -2.06. The van der Waals surface area contributed by atoms with Crippen LogP contribution in [0.25, 0.3) is 0 Å². The summed E-state index contributed by atoms with van der Waals surface area (Å²) in [6, 6.07) is 8.09. The predicted molar refractivity (Wildman–Crippen MR) is 92.3 cm³/mol. The Balaban J connectivity index is 2.15. The van der Waals surface area contributed by atoms with E-state index in [4.69, 9.17) is 0 Å². The highest BCUT2D eigenvalue weighted by Gasteiger charge is 2.04. The molecule has 0 aliphatic rings. The molecule has 0 fully saturated rings. The van der Waals surface area contributed by atoms with Crippen LogP contribution in [-0.2, 0) is 0 Å². The number of nitrogens with one attached hydrogen (secondary N) is 2. The lowest BCUT2D eigenvalue weighted by Gasteiger charge is -2.12. The highest BCUT2D eigenvalue weighted by molar-refractivity contribution is 9.10. The molecule has 2 aromatic rings. The molecule has 4 nitrogen and oxygen atoms in total. The van der Waals surface area contributed by atoms with Crippen LogP contribution in [-0.4, -0.2) is 16.5 Å². The zero-order chi connectivity index (χ0) is 15.2. The fraction of sp³-hybridized carbons (Fsp3) is 0.375. The first kappa shape index (κ1) is 15.8. The molecule has 2 rings (SSSR count). The molecule has 0 aliphatic carbocycles. The van der Waals surface area contributed by atoms with Crippen LogP contribution in [0.15, 0.2) is 28.7 Å². The first-order chi connectivity index (χ1) is 10.1. The fourth-order valence-corrected chi connectivity index (χ4v) is 2.50. The van der Waals surface area contributed by atoms with Gasteiger partial charge >= 0.3 is 0 Å². The third kappa shape index (κ3) is 4.70. The molecule has 0 amide bonds. The van der Waals surface area contributed by atoms with Crippen LogP contribution in [0, 0.1) is 13.8 Å². The van der Waals surface area contributed by atoms with E-state index in [-0.39, 0.29) is 0 Å². The summed E-state index contributed by atoms with van der Waals surface area (Å²) in [6.45, 7) is 7.09. The molecule has 0 saturated carbocycles. The second kappa shape index (κ2) is 7.41. The summed E-state index contributed by atoms with van der Waals surface area (Å²) in [5, 5.41) is 6.70. The molecule has 2 N–H and O–H groups in total. The largest absolute Gasteiger partial charge is 0.370 e. The average molecular weight is 349 g/mol. The van der Waals surface area contributed by atoms with Crippen molar-refractivity contribution in [2.45, 2.75) is 33.6 Å². The van der Waals surface area contributed by atoms with Crippen molar-refractivity contribution in [3.8, 4) is 0 Å². The summed E-state index contributed by atoms with van der Waals surface area (Å²) in [7, 11) is 0. The Hall–Kier alpha value is -1.62. The summed E-state index contributed by atoms with van der Waals surface area (Å²) in [5.41, 5.74) is 2.22. The lowest BCUT2D eigenvalue weighted by molar-refractivity contribution is 0.829. The number of anilines is 3. The van der Waals surface area contributed by atoms with Gasteiger partial charge in [0.05, 0.1) is 0 Å². The Morgan fingerprint density at radius 3 is 2.57 bits per heavy atom. The first-order valence-corrected chi connectivity index (χ1v) is 8.00. The van der Waals surface area contributed by atoms with Crippen molar-refractivity contribution in [1.82, 2.24) is 9.97 Å². The van der Waals surface area contributed by atoms with Crippen molar-refractivity contribution in [3.63, 3.8) is 0 Å². The Kier molecular flexibility index (Phi) is 5.56. The van der Waals surface area contributed by atoms with Gasteiger partial charge in [-0.25, -0.2) is 9.97 Å². The SMILES string of the molecule is CCCCNc1cc(Nc2ccc(Br)cc2C)nc(C)n1. The first-order valence-electron chi connectivity index (χ1n) is 7.21. The number of unbranched alkanes of at least 4 members (excludes halogenated alkanes) is 1. The number of aryl methyl sites for hydroxylation is 2. The second-order valence-electron chi connectivity index (χ2n) is 5.05. The minimum atomic E-state index is 0.758. The molecule has 0 bridgehead atoms. The van der Waals surface area contributed by atoms with E-state index < -0.39 is 0 Å². The molecule has 0 spiro atoms. The monoisotopic (exact) mass is 348 g/mol. The van der Waals surface area contributed by atoms with E-state index in [0.29, 0.717) is 0 Å². The van der Waals surface area contributed by atoms with Gasteiger partial charge in [-0.2, -0.15) is 0 Å². The minimum Gasteiger partial charge on any atom is -0.370 e. The van der Waals surface area contributed by atoms with Crippen molar-refractivity contribution < 1.29 is 0 Å². The van der Waals surface area contributed by atoms with E-state index in [9.17, 15) is 0 Å². The van der Waals surface area contributed by atoms with Crippen molar-refractivity contribution in [2.75, 3.05) is 17.2 Å². The number of hydrogen-bond donors (Lipinski definition) is 2. The van der Waals surface area contributed by atoms with Crippen LogP contribution in [0.2, 0.25) is 0 Å². The zero-order valence-corrected chi connectivity index (χ0v) is 14.3. The molecular weight excluding hydrogens is 328 g/mol. The molecule has 0 unspecified atom stereocenters. The number of nitrogens with zero attached hydrogens (tertiary/aromatic N) is 2. The number of halogens is 1. The van der Waals surface area contributed by atoms with Gasteiger partial charge in [0.15, 0.2) is 0 Å². The molecule has 0 saturated heterocycles.